The fourth-order valence-corrected chi connectivity index (χ4v) is 2.75. The first-order valence-electron chi connectivity index (χ1n) is 5.84. The quantitative estimate of drug-likeness (QED) is 0.793. The van der Waals surface area contributed by atoms with E-state index < -0.39 is 0 Å². The number of rotatable bonds is 6. The molecule has 1 atom stereocenters. The van der Waals surface area contributed by atoms with Gasteiger partial charge < -0.3 is 5.73 Å². The average Bonchev–Trinajstić information content (AvgIpc) is 2.25. The summed E-state index contributed by atoms with van der Waals surface area (Å²) in [6.07, 6.45) is 4.33. The number of hydrogen-bond acceptors (Lipinski definition) is 1. The lowest BCUT2D eigenvalue weighted by Gasteiger charge is -2.19. The van der Waals surface area contributed by atoms with Gasteiger partial charge in [0.05, 0.1) is 0 Å². The molecule has 0 aliphatic carbocycles. The lowest BCUT2D eigenvalue weighted by Crippen LogP contribution is -2.05. The maximum Gasteiger partial charge on any atom is 0.0455 e. The molecular formula is C13H19Cl2N. The summed E-state index contributed by atoms with van der Waals surface area (Å²) in [5.74, 6) is 0.440. The Morgan fingerprint density at radius 2 is 1.81 bits per heavy atom. The predicted octanol–water partition coefficient (Wildman–Crippen LogP) is 4.62. The topological polar surface area (TPSA) is 26.0 Å². The van der Waals surface area contributed by atoms with E-state index in [4.69, 9.17) is 28.9 Å². The van der Waals surface area contributed by atoms with Gasteiger partial charge in [-0.1, -0.05) is 42.6 Å². The van der Waals surface area contributed by atoms with Crippen LogP contribution in [-0.2, 0) is 0 Å². The van der Waals surface area contributed by atoms with Crippen molar-refractivity contribution < 1.29 is 0 Å². The fourth-order valence-electron chi connectivity index (χ4n) is 2.05. The van der Waals surface area contributed by atoms with E-state index in [1.54, 1.807) is 0 Å². The van der Waals surface area contributed by atoms with Gasteiger partial charge >= 0.3 is 0 Å². The van der Waals surface area contributed by atoms with Crippen LogP contribution in [0.25, 0.3) is 0 Å². The Balaban J connectivity index is 2.90. The van der Waals surface area contributed by atoms with Gasteiger partial charge in [0, 0.05) is 10.0 Å². The van der Waals surface area contributed by atoms with Crippen LogP contribution >= 0.6 is 23.2 Å². The highest BCUT2D eigenvalue weighted by molar-refractivity contribution is 6.36. The van der Waals surface area contributed by atoms with E-state index in [9.17, 15) is 0 Å². The largest absolute Gasteiger partial charge is 0.330 e. The molecule has 0 bridgehead atoms. The predicted molar refractivity (Wildman–Crippen MR) is 72.4 cm³/mol. The smallest absolute Gasteiger partial charge is 0.0455 e. The van der Waals surface area contributed by atoms with Gasteiger partial charge in [-0.2, -0.15) is 0 Å². The van der Waals surface area contributed by atoms with Crippen LogP contribution in [0, 0.1) is 0 Å². The van der Waals surface area contributed by atoms with E-state index in [0.29, 0.717) is 5.92 Å². The molecule has 3 heteroatoms. The first-order chi connectivity index (χ1) is 7.70. The van der Waals surface area contributed by atoms with Gasteiger partial charge in [0.25, 0.3) is 0 Å². The molecule has 1 aromatic rings. The normalized spacial score (nSPS) is 12.8. The molecule has 0 heterocycles. The molecule has 2 N–H and O–H groups in total. The fraction of sp³-hybridized carbons (Fsp3) is 0.538. The van der Waals surface area contributed by atoms with Crippen molar-refractivity contribution >= 4 is 23.2 Å². The summed E-state index contributed by atoms with van der Waals surface area (Å²) in [5, 5.41) is 1.56. The van der Waals surface area contributed by atoms with Crippen molar-refractivity contribution in [3.63, 3.8) is 0 Å². The molecule has 0 fully saturated rings. The minimum Gasteiger partial charge on any atom is -0.330 e. The highest BCUT2D eigenvalue weighted by Gasteiger charge is 2.16. The lowest BCUT2D eigenvalue weighted by molar-refractivity contribution is 0.550. The molecule has 0 saturated heterocycles. The first kappa shape index (κ1) is 13.8. The van der Waals surface area contributed by atoms with Crippen LogP contribution in [-0.4, -0.2) is 6.54 Å². The van der Waals surface area contributed by atoms with Crippen molar-refractivity contribution in [2.45, 2.75) is 38.5 Å². The molecule has 1 aromatic carbocycles. The van der Waals surface area contributed by atoms with Crippen LogP contribution in [0.4, 0.5) is 0 Å². The molecule has 0 aliphatic rings. The summed E-state index contributed by atoms with van der Waals surface area (Å²) in [5.41, 5.74) is 6.66. The Morgan fingerprint density at radius 1 is 1.19 bits per heavy atom. The maximum atomic E-state index is 6.22. The van der Waals surface area contributed by atoms with Gasteiger partial charge in [-0.25, -0.2) is 0 Å². The summed E-state index contributed by atoms with van der Waals surface area (Å²) in [7, 11) is 0. The van der Waals surface area contributed by atoms with E-state index in [1.807, 2.05) is 18.2 Å². The molecule has 16 heavy (non-hydrogen) atoms. The Morgan fingerprint density at radius 3 is 2.31 bits per heavy atom. The zero-order valence-corrected chi connectivity index (χ0v) is 11.2. The Kier molecular flexibility index (Phi) is 6.18. The van der Waals surface area contributed by atoms with Gasteiger partial charge in [-0.3, -0.25) is 0 Å². The molecule has 0 aliphatic heterocycles. The van der Waals surface area contributed by atoms with E-state index in [-0.39, 0.29) is 0 Å². The molecule has 0 radical (unpaired) electrons. The van der Waals surface area contributed by atoms with Crippen molar-refractivity contribution in [2.75, 3.05) is 6.54 Å². The van der Waals surface area contributed by atoms with Crippen LogP contribution in [0.1, 0.15) is 44.1 Å². The standard InChI is InChI=1S/C13H19Cl2N/c1-2-5-10(6-4-9-16)13-11(14)7-3-8-12(13)15/h3,7-8,10H,2,4-6,9,16H2,1H3. The number of benzene rings is 1. The second kappa shape index (κ2) is 7.16. The first-order valence-corrected chi connectivity index (χ1v) is 6.60. The Bertz CT molecular complexity index is 305. The van der Waals surface area contributed by atoms with Gasteiger partial charge in [0.2, 0.25) is 0 Å². The maximum absolute atomic E-state index is 6.22. The van der Waals surface area contributed by atoms with Gasteiger partial charge in [0.15, 0.2) is 0 Å². The second-order valence-electron chi connectivity index (χ2n) is 4.05. The molecule has 90 valence electrons. The second-order valence-corrected chi connectivity index (χ2v) is 4.87. The van der Waals surface area contributed by atoms with Gasteiger partial charge in [0.1, 0.15) is 0 Å². The van der Waals surface area contributed by atoms with E-state index in [0.717, 1.165) is 47.8 Å². The van der Waals surface area contributed by atoms with E-state index >= 15 is 0 Å². The summed E-state index contributed by atoms with van der Waals surface area (Å²) in [6, 6.07) is 5.71. The van der Waals surface area contributed by atoms with Crippen LogP contribution in [0.2, 0.25) is 10.0 Å². The van der Waals surface area contributed by atoms with Crippen molar-refractivity contribution in [3.05, 3.63) is 33.8 Å². The minimum absolute atomic E-state index is 0.440. The van der Waals surface area contributed by atoms with Gasteiger partial charge in [-0.05, 0) is 49.4 Å². The molecule has 1 rings (SSSR count). The van der Waals surface area contributed by atoms with Crippen molar-refractivity contribution in [2.24, 2.45) is 5.73 Å². The summed E-state index contributed by atoms with van der Waals surface area (Å²) in [6.45, 7) is 2.91. The van der Waals surface area contributed by atoms with Crippen LogP contribution in [0.15, 0.2) is 18.2 Å². The van der Waals surface area contributed by atoms with Crippen molar-refractivity contribution in [1.29, 1.82) is 0 Å². The van der Waals surface area contributed by atoms with E-state index in [2.05, 4.69) is 6.92 Å². The third kappa shape index (κ3) is 3.65. The third-order valence-corrected chi connectivity index (χ3v) is 3.46. The van der Waals surface area contributed by atoms with Crippen molar-refractivity contribution in [1.82, 2.24) is 0 Å². The van der Waals surface area contributed by atoms with E-state index in [1.165, 1.54) is 0 Å². The number of halogens is 2. The van der Waals surface area contributed by atoms with Crippen LogP contribution in [0.3, 0.4) is 0 Å². The Hall–Kier alpha value is -0.240. The van der Waals surface area contributed by atoms with Crippen LogP contribution < -0.4 is 5.73 Å². The highest BCUT2D eigenvalue weighted by atomic mass is 35.5. The number of nitrogens with two attached hydrogens (primary N) is 1. The zero-order valence-electron chi connectivity index (χ0n) is 9.68. The summed E-state index contributed by atoms with van der Waals surface area (Å²) in [4.78, 5) is 0. The molecule has 0 aromatic heterocycles. The van der Waals surface area contributed by atoms with Crippen LogP contribution in [0.5, 0.6) is 0 Å². The molecule has 0 spiro atoms. The van der Waals surface area contributed by atoms with Crippen molar-refractivity contribution in [3.8, 4) is 0 Å². The zero-order chi connectivity index (χ0) is 12.0. The van der Waals surface area contributed by atoms with Gasteiger partial charge in [-0.15, -0.1) is 0 Å². The molecule has 1 unspecified atom stereocenters. The molecule has 0 amide bonds. The average molecular weight is 260 g/mol. The summed E-state index contributed by atoms with van der Waals surface area (Å²) >= 11 is 12.4. The minimum atomic E-state index is 0.440. The molecular weight excluding hydrogens is 241 g/mol. The third-order valence-electron chi connectivity index (χ3n) is 2.80. The Labute approximate surface area is 108 Å². The summed E-state index contributed by atoms with van der Waals surface area (Å²) < 4.78 is 0. The molecule has 1 nitrogen and oxygen atoms in total. The SMILES string of the molecule is CCCC(CCCN)c1c(Cl)cccc1Cl. The number of hydrogen-bond donors (Lipinski definition) is 1. The molecule has 0 saturated carbocycles. The lowest BCUT2D eigenvalue weighted by atomic mass is 9.90. The highest BCUT2D eigenvalue weighted by Crippen LogP contribution is 2.36. The monoisotopic (exact) mass is 259 g/mol.